The number of nitrogens with one attached hydrogen (secondary N) is 2. The van der Waals surface area contributed by atoms with Gasteiger partial charge in [0.25, 0.3) is 0 Å². The number of ether oxygens (including phenoxy) is 1. The molecule has 9 rings (SSSR count). The van der Waals surface area contributed by atoms with Gasteiger partial charge in [-0.2, -0.15) is 13.2 Å². The average Bonchev–Trinajstić information content (AvgIpc) is 3.87. The van der Waals surface area contributed by atoms with Gasteiger partial charge in [0.15, 0.2) is 0 Å². The number of halogens is 5. The van der Waals surface area contributed by atoms with E-state index in [-0.39, 0.29) is 30.0 Å². The first-order valence-electron chi connectivity index (χ1n) is 25.1. The highest BCUT2D eigenvalue weighted by Gasteiger charge is 2.40. The lowest BCUT2D eigenvalue weighted by molar-refractivity contribution is -0.140. The van der Waals surface area contributed by atoms with Crippen LogP contribution in [0.3, 0.4) is 0 Å². The number of benzene rings is 3. The van der Waals surface area contributed by atoms with Crippen LogP contribution < -0.4 is 26.4 Å². The van der Waals surface area contributed by atoms with Gasteiger partial charge < -0.3 is 41.2 Å². The number of hydrogen-bond acceptors (Lipinski definition) is 12. The lowest BCUT2D eigenvalue weighted by Crippen LogP contribution is -2.60. The van der Waals surface area contributed by atoms with Gasteiger partial charge in [-0.15, -0.1) is 0 Å². The molecule has 4 saturated heterocycles. The monoisotopic (exact) mass is 1020 g/mol. The highest BCUT2D eigenvalue weighted by atomic mass is 35.5. The molecule has 4 aliphatic heterocycles. The van der Waals surface area contributed by atoms with Gasteiger partial charge >= 0.3 is 6.18 Å². The summed E-state index contributed by atoms with van der Waals surface area (Å²) in [5.74, 6) is 0.619. The number of hydrogen-bond donors (Lipinski definition) is 4. The van der Waals surface area contributed by atoms with Crippen molar-refractivity contribution in [3.8, 4) is 5.75 Å². The van der Waals surface area contributed by atoms with Gasteiger partial charge in [0, 0.05) is 108 Å². The summed E-state index contributed by atoms with van der Waals surface area (Å²) < 4.78 is 59.6. The largest absolute Gasteiger partial charge is 0.489 e. The lowest BCUT2D eigenvalue weighted by Gasteiger charge is -2.40. The summed E-state index contributed by atoms with van der Waals surface area (Å²) in [7, 11) is 0. The van der Waals surface area contributed by atoms with E-state index in [0.29, 0.717) is 80.9 Å². The number of aromatic amines is 1. The van der Waals surface area contributed by atoms with Crippen LogP contribution in [0.15, 0.2) is 79.3 Å². The number of H-pyrrole nitrogens is 1. The van der Waals surface area contributed by atoms with Gasteiger partial charge in [-0.1, -0.05) is 29.8 Å². The molecule has 0 radical (unpaired) electrons. The van der Waals surface area contributed by atoms with E-state index in [9.17, 15) is 27.2 Å². The molecule has 2 amide bonds. The van der Waals surface area contributed by atoms with E-state index < -0.39 is 23.1 Å². The van der Waals surface area contributed by atoms with Crippen molar-refractivity contribution < 1.29 is 31.9 Å². The van der Waals surface area contributed by atoms with Crippen molar-refractivity contribution in [3.63, 3.8) is 0 Å². The molecule has 3 aromatic carbocycles. The van der Waals surface area contributed by atoms with E-state index in [1.165, 1.54) is 6.07 Å². The van der Waals surface area contributed by atoms with Crippen molar-refractivity contribution in [2.45, 2.75) is 63.0 Å². The van der Waals surface area contributed by atoms with Crippen molar-refractivity contribution >= 4 is 46.0 Å². The van der Waals surface area contributed by atoms with Gasteiger partial charge in [0.1, 0.15) is 36.0 Å². The van der Waals surface area contributed by atoms with Crippen LogP contribution in [-0.4, -0.2) is 155 Å². The van der Waals surface area contributed by atoms with Gasteiger partial charge in [-0.05, 0) is 111 Å². The number of likely N-dealkylation sites (tertiary alicyclic amines) is 1. The summed E-state index contributed by atoms with van der Waals surface area (Å²) in [6.07, 6.45) is 2.33. The molecule has 0 bridgehead atoms. The Morgan fingerprint density at radius 2 is 1.56 bits per heavy atom. The second-order valence-corrected chi connectivity index (χ2v) is 20.4. The number of rotatable bonds is 16. The zero-order valence-electron chi connectivity index (χ0n) is 40.6. The minimum absolute atomic E-state index is 0.137. The molecule has 20 heteroatoms. The van der Waals surface area contributed by atoms with E-state index in [1.807, 2.05) is 47.5 Å². The first kappa shape index (κ1) is 51.3. The number of anilines is 2. The number of nitrogens with zero attached hydrogens (tertiary/aromatic N) is 8. The van der Waals surface area contributed by atoms with Crippen molar-refractivity contribution in [2.24, 2.45) is 11.7 Å². The van der Waals surface area contributed by atoms with E-state index in [4.69, 9.17) is 27.8 Å². The normalized spacial score (nSPS) is 19.4. The highest BCUT2D eigenvalue weighted by molar-refractivity contribution is 6.30. The predicted molar refractivity (Wildman–Crippen MR) is 270 cm³/mol. The molecule has 4 aliphatic rings. The number of carbonyl (C=O) groups is 2. The number of alkyl halides is 3. The van der Waals surface area contributed by atoms with Crippen LogP contribution in [0.5, 0.6) is 5.75 Å². The summed E-state index contributed by atoms with van der Waals surface area (Å²) in [5.41, 5.74) is 14.0. The molecule has 1 atom stereocenters. The van der Waals surface area contributed by atoms with E-state index in [0.717, 1.165) is 118 Å². The van der Waals surface area contributed by atoms with Gasteiger partial charge in [0.05, 0.1) is 29.1 Å². The van der Waals surface area contributed by atoms with E-state index in [2.05, 4.69) is 44.8 Å². The molecule has 15 nitrogen and oxygen atoms in total. The summed E-state index contributed by atoms with van der Waals surface area (Å²) in [6, 6.07) is 17.5. The number of amides is 2. The Bertz CT molecular complexity index is 2620. The minimum atomic E-state index is -4.79. The molecule has 6 heterocycles. The van der Waals surface area contributed by atoms with Gasteiger partial charge in [0.2, 0.25) is 11.8 Å². The SMILES string of the molecule is Nc1ccc(OCc2ccc(F)c(C(F)(F)F)c2)c(CN2CCC(CN3CCN(CC(=O)N4CCN(CC[C@H](NC(=O)C5(N)CCN(c6ncnc7[nH]ccc67)CC5)c5ccc(Cl)cc5)CC4)CC3)CC2)c1. The zero-order chi connectivity index (χ0) is 50.4. The number of carbonyl (C=O) groups excluding carboxylic acids is 2. The summed E-state index contributed by atoms with van der Waals surface area (Å²) in [4.78, 5) is 53.2. The molecule has 0 spiro atoms. The van der Waals surface area contributed by atoms with Crippen molar-refractivity contribution in [3.05, 3.63) is 112 Å². The Morgan fingerprint density at radius 1 is 0.847 bits per heavy atom. The molecular weight excluding hydrogens is 952 g/mol. The van der Waals surface area contributed by atoms with Crippen LogP contribution in [0.2, 0.25) is 5.02 Å². The van der Waals surface area contributed by atoms with Crippen LogP contribution in [0.4, 0.5) is 29.1 Å². The summed E-state index contributed by atoms with van der Waals surface area (Å²) >= 11 is 6.26. The van der Waals surface area contributed by atoms with Crippen molar-refractivity contribution in [2.75, 3.05) is 109 Å². The minimum Gasteiger partial charge on any atom is -0.489 e. The molecule has 5 aromatic rings. The average molecular weight is 1020 g/mol. The topological polar surface area (TPSA) is 168 Å². The highest BCUT2D eigenvalue weighted by Crippen LogP contribution is 2.34. The Kier molecular flexibility index (Phi) is 16.2. The summed E-state index contributed by atoms with van der Waals surface area (Å²) in [5, 5.41) is 4.88. The zero-order valence-corrected chi connectivity index (χ0v) is 41.3. The van der Waals surface area contributed by atoms with Crippen LogP contribution in [-0.2, 0) is 28.9 Å². The molecule has 72 heavy (non-hydrogen) atoms. The molecule has 0 aliphatic carbocycles. The predicted octanol–water partition coefficient (Wildman–Crippen LogP) is 6.15. The Hall–Kier alpha value is -5.57. The van der Waals surface area contributed by atoms with E-state index >= 15 is 0 Å². The number of nitrogen functional groups attached to an aromatic ring is 1. The number of aromatic nitrogens is 3. The van der Waals surface area contributed by atoms with Crippen LogP contribution >= 0.6 is 11.6 Å². The second kappa shape index (κ2) is 22.7. The maximum Gasteiger partial charge on any atom is 0.419 e. The molecular formula is C52H65ClF4N12O3. The molecule has 6 N–H and O–H groups in total. The van der Waals surface area contributed by atoms with Gasteiger partial charge in [-0.25, -0.2) is 14.4 Å². The fourth-order valence-corrected chi connectivity index (χ4v) is 10.7. The molecule has 0 unspecified atom stereocenters. The number of piperidine rings is 2. The maximum atomic E-state index is 14.0. The third kappa shape index (κ3) is 12.8. The second-order valence-electron chi connectivity index (χ2n) is 19.9. The fraction of sp³-hybridized carbons (Fsp3) is 0.500. The van der Waals surface area contributed by atoms with E-state index in [1.54, 1.807) is 18.5 Å². The fourth-order valence-electron chi connectivity index (χ4n) is 10.6. The molecule has 2 aromatic heterocycles. The standard InChI is InChI=1S/C52H65ClF4N12O3/c53-40-4-2-38(3-5-40)45(63-50(71)51(59)13-19-69(20-14-51)49-42-9-15-60-48(42)61-35-62-49)12-18-64-25-27-68(28-26-64)47(70)33-67-23-21-66(22-24-67)31-36-10-16-65(17-11-36)32-39-30-41(58)6-8-46(39)72-34-37-1-7-44(54)43(29-37)52(55,56)57/h1-9,15,29-30,35-36,45H,10-14,16-28,31-34,58-59H2,(H,63,71)(H,60,61,62)/t45-/m0/s1. The Balaban J connectivity index is 0.677. The quantitative estimate of drug-likeness (QED) is 0.0659. The number of nitrogens with two attached hydrogens (primary N) is 2. The van der Waals surface area contributed by atoms with Crippen molar-refractivity contribution in [1.29, 1.82) is 0 Å². The molecule has 0 saturated carbocycles. The third-order valence-electron chi connectivity index (χ3n) is 15.0. The third-order valence-corrected chi connectivity index (χ3v) is 15.3. The maximum absolute atomic E-state index is 14.0. The van der Waals surface area contributed by atoms with Crippen LogP contribution in [0.1, 0.15) is 60.4 Å². The summed E-state index contributed by atoms with van der Waals surface area (Å²) in [6.45, 7) is 12.0. The number of piperazine rings is 2. The lowest BCUT2D eigenvalue weighted by atomic mass is 9.87. The van der Waals surface area contributed by atoms with Crippen molar-refractivity contribution in [1.82, 2.24) is 44.8 Å². The first-order chi connectivity index (χ1) is 34.7. The Morgan fingerprint density at radius 3 is 2.28 bits per heavy atom. The Labute approximate surface area is 422 Å². The van der Waals surface area contributed by atoms with Gasteiger partial charge in [-0.3, -0.25) is 24.3 Å². The molecule has 4 fully saturated rings. The number of fused-ring (bicyclic) bond motifs is 1. The first-order valence-corrected chi connectivity index (χ1v) is 25.5. The smallest absolute Gasteiger partial charge is 0.419 e. The van der Waals surface area contributed by atoms with Crippen LogP contribution in [0, 0.1) is 11.7 Å². The van der Waals surface area contributed by atoms with Crippen LogP contribution in [0.25, 0.3) is 11.0 Å². The molecule has 386 valence electrons.